The molecule has 0 aliphatic rings. The van der Waals surface area contributed by atoms with Gasteiger partial charge in [0.05, 0.1) is 5.25 Å². The average molecular weight is 351 g/mol. The van der Waals surface area contributed by atoms with E-state index in [1.807, 2.05) is 19.1 Å². The van der Waals surface area contributed by atoms with Crippen LogP contribution in [0.15, 0.2) is 53.3 Å². The topological polar surface area (TPSA) is 42.0 Å². The molecule has 1 heterocycles. The Bertz CT molecular complexity index is 560. The Morgan fingerprint density at radius 3 is 2.55 bits per heavy atom. The van der Waals surface area contributed by atoms with Crippen LogP contribution in [0.5, 0.6) is 0 Å². The zero-order valence-corrected chi connectivity index (χ0v) is 13.4. The number of anilines is 1. The minimum atomic E-state index is -0.105. The number of halogens is 1. The third-order valence-corrected chi connectivity index (χ3v) is 4.47. The third-order valence-electron chi connectivity index (χ3n) is 2.73. The fourth-order valence-corrected chi connectivity index (χ4v) is 2.67. The number of nitrogens with one attached hydrogen (secondary N) is 1. The molecule has 20 heavy (non-hydrogen) atoms. The molecule has 3 nitrogen and oxygen atoms in total. The number of rotatable bonds is 5. The first-order valence-corrected chi connectivity index (χ1v) is 8.06. The van der Waals surface area contributed by atoms with Gasteiger partial charge in [0.1, 0.15) is 0 Å². The molecule has 0 aliphatic carbocycles. The zero-order chi connectivity index (χ0) is 14.4. The van der Waals surface area contributed by atoms with Crippen molar-refractivity contribution in [1.29, 1.82) is 0 Å². The number of carbonyl (C=O) groups is 1. The van der Waals surface area contributed by atoms with Crippen LogP contribution >= 0.6 is 27.7 Å². The lowest BCUT2D eigenvalue weighted by atomic mass is 10.2. The maximum absolute atomic E-state index is 12.0. The Morgan fingerprint density at radius 2 is 1.90 bits per heavy atom. The second-order valence-corrected chi connectivity index (χ2v) is 6.55. The summed E-state index contributed by atoms with van der Waals surface area (Å²) in [7, 11) is 0. The summed E-state index contributed by atoms with van der Waals surface area (Å²) >= 11 is 5.03. The van der Waals surface area contributed by atoms with Crippen molar-refractivity contribution in [2.45, 2.75) is 17.9 Å². The standard InChI is InChI=1S/C15H15BrN2OS/c1-11(15(19)18-14-6-8-17-9-7-14)20-10-12-2-4-13(16)5-3-12/h2-9,11H,10H2,1H3,(H,17,18,19)/t11-/m0/s1. The number of carbonyl (C=O) groups excluding carboxylic acids is 1. The highest BCUT2D eigenvalue weighted by atomic mass is 79.9. The predicted molar refractivity (Wildman–Crippen MR) is 87.8 cm³/mol. The molecule has 0 bridgehead atoms. The summed E-state index contributed by atoms with van der Waals surface area (Å²) in [4.78, 5) is 15.9. The van der Waals surface area contributed by atoms with Gasteiger partial charge in [-0.05, 0) is 36.8 Å². The smallest absolute Gasteiger partial charge is 0.237 e. The van der Waals surface area contributed by atoms with Gasteiger partial charge in [-0.15, -0.1) is 11.8 Å². The first-order chi connectivity index (χ1) is 9.65. The molecule has 0 saturated carbocycles. The Balaban J connectivity index is 1.83. The second-order valence-electron chi connectivity index (χ2n) is 4.30. The van der Waals surface area contributed by atoms with Crippen LogP contribution in [0.3, 0.4) is 0 Å². The average Bonchev–Trinajstić information content (AvgIpc) is 2.47. The summed E-state index contributed by atoms with van der Waals surface area (Å²) in [5.74, 6) is 0.830. The predicted octanol–water partition coefficient (Wildman–Crippen LogP) is 4.10. The van der Waals surface area contributed by atoms with Crippen molar-refractivity contribution < 1.29 is 4.79 Å². The molecule has 0 fully saturated rings. The number of amides is 1. The van der Waals surface area contributed by atoms with Gasteiger partial charge in [-0.25, -0.2) is 0 Å². The van der Waals surface area contributed by atoms with E-state index >= 15 is 0 Å². The van der Waals surface area contributed by atoms with E-state index in [0.717, 1.165) is 15.9 Å². The summed E-state index contributed by atoms with van der Waals surface area (Å²) in [6, 6.07) is 11.7. The SMILES string of the molecule is C[C@H](SCc1ccc(Br)cc1)C(=O)Nc1ccncc1. The molecule has 1 atom stereocenters. The molecule has 1 aromatic heterocycles. The third kappa shape index (κ3) is 4.65. The lowest BCUT2D eigenvalue weighted by Gasteiger charge is -2.12. The summed E-state index contributed by atoms with van der Waals surface area (Å²) in [6.07, 6.45) is 3.32. The summed E-state index contributed by atoms with van der Waals surface area (Å²) < 4.78 is 1.06. The lowest BCUT2D eigenvalue weighted by molar-refractivity contribution is -0.115. The van der Waals surface area contributed by atoms with Crippen LogP contribution in [0.1, 0.15) is 12.5 Å². The molecule has 2 rings (SSSR count). The van der Waals surface area contributed by atoms with Crippen molar-refractivity contribution in [1.82, 2.24) is 4.98 Å². The van der Waals surface area contributed by atoms with Crippen LogP contribution < -0.4 is 5.32 Å². The molecule has 1 amide bonds. The van der Waals surface area contributed by atoms with E-state index < -0.39 is 0 Å². The molecule has 2 aromatic rings. The van der Waals surface area contributed by atoms with Gasteiger partial charge in [0, 0.05) is 28.3 Å². The van der Waals surface area contributed by atoms with Crippen LogP contribution in [0.25, 0.3) is 0 Å². The van der Waals surface area contributed by atoms with E-state index in [9.17, 15) is 4.79 Å². The monoisotopic (exact) mass is 350 g/mol. The molecular weight excluding hydrogens is 336 g/mol. The van der Waals surface area contributed by atoms with Crippen LogP contribution in [0.4, 0.5) is 5.69 Å². The summed E-state index contributed by atoms with van der Waals surface area (Å²) in [6.45, 7) is 1.92. The number of benzene rings is 1. The molecule has 0 radical (unpaired) electrons. The van der Waals surface area contributed by atoms with Gasteiger partial charge in [-0.2, -0.15) is 0 Å². The maximum Gasteiger partial charge on any atom is 0.237 e. The van der Waals surface area contributed by atoms with Crippen molar-refractivity contribution in [3.63, 3.8) is 0 Å². The van der Waals surface area contributed by atoms with Gasteiger partial charge in [0.2, 0.25) is 5.91 Å². The Kier molecular flexibility index (Phi) is 5.61. The highest BCUT2D eigenvalue weighted by Gasteiger charge is 2.13. The number of hydrogen-bond acceptors (Lipinski definition) is 3. The minimum Gasteiger partial charge on any atom is -0.325 e. The number of aromatic nitrogens is 1. The molecule has 0 aliphatic heterocycles. The van der Waals surface area contributed by atoms with Crippen LogP contribution in [-0.2, 0) is 10.5 Å². The minimum absolute atomic E-state index is 0.0123. The first-order valence-electron chi connectivity index (χ1n) is 6.22. The molecule has 104 valence electrons. The highest BCUT2D eigenvalue weighted by molar-refractivity contribution is 9.10. The summed E-state index contributed by atoms with van der Waals surface area (Å²) in [5, 5.41) is 2.77. The van der Waals surface area contributed by atoms with Gasteiger partial charge in [-0.1, -0.05) is 28.1 Å². The maximum atomic E-state index is 12.0. The number of hydrogen-bond donors (Lipinski definition) is 1. The lowest BCUT2D eigenvalue weighted by Crippen LogP contribution is -2.22. The van der Waals surface area contributed by atoms with Crippen molar-refractivity contribution in [3.05, 3.63) is 58.8 Å². The number of pyridine rings is 1. The first kappa shape index (κ1) is 15.1. The van der Waals surface area contributed by atoms with Gasteiger partial charge >= 0.3 is 0 Å². The van der Waals surface area contributed by atoms with Gasteiger partial charge in [0.25, 0.3) is 0 Å². The Labute approximate surface area is 131 Å². The van der Waals surface area contributed by atoms with E-state index in [2.05, 4.69) is 38.4 Å². The quantitative estimate of drug-likeness (QED) is 0.882. The van der Waals surface area contributed by atoms with Crippen molar-refractivity contribution >= 4 is 39.3 Å². The Morgan fingerprint density at radius 1 is 1.25 bits per heavy atom. The molecule has 0 spiro atoms. The molecule has 0 saturated heterocycles. The van der Waals surface area contributed by atoms with Crippen molar-refractivity contribution in [3.8, 4) is 0 Å². The van der Waals surface area contributed by atoms with Gasteiger partial charge < -0.3 is 5.32 Å². The Hall–Kier alpha value is -1.33. The van der Waals surface area contributed by atoms with E-state index in [1.54, 1.807) is 36.3 Å². The van der Waals surface area contributed by atoms with Gasteiger partial charge in [-0.3, -0.25) is 9.78 Å². The van der Waals surface area contributed by atoms with Gasteiger partial charge in [0.15, 0.2) is 0 Å². The van der Waals surface area contributed by atoms with Crippen LogP contribution in [0, 0.1) is 0 Å². The molecule has 0 unspecified atom stereocenters. The fourth-order valence-electron chi connectivity index (χ4n) is 1.56. The second kappa shape index (κ2) is 7.45. The zero-order valence-electron chi connectivity index (χ0n) is 11.0. The van der Waals surface area contributed by atoms with E-state index in [0.29, 0.717) is 0 Å². The molecule has 1 aromatic carbocycles. The van der Waals surface area contributed by atoms with E-state index in [-0.39, 0.29) is 11.2 Å². The number of thioether (sulfide) groups is 1. The van der Waals surface area contributed by atoms with Crippen molar-refractivity contribution in [2.24, 2.45) is 0 Å². The van der Waals surface area contributed by atoms with Crippen LogP contribution in [0.2, 0.25) is 0 Å². The normalized spacial score (nSPS) is 11.9. The fraction of sp³-hybridized carbons (Fsp3) is 0.200. The molecule has 5 heteroatoms. The van der Waals surface area contributed by atoms with E-state index in [4.69, 9.17) is 0 Å². The molecular formula is C15H15BrN2OS. The number of nitrogens with zero attached hydrogens (tertiary/aromatic N) is 1. The van der Waals surface area contributed by atoms with Crippen LogP contribution in [-0.4, -0.2) is 16.1 Å². The largest absolute Gasteiger partial charge is 0.325 e. The molecule has 1 N–H and O–H groups in total. The summed E-state index contributed by atoms with van der Waals surface area (Å²) in [5.41, 5.74) is 1.99. The van der Waals surface area contributed by atoms with E-state index in [1.165, 1.54) is 5.56 Å². The highest BCUT2D eigenvalue weighted by Crippen LogP contribution is 2.20. The van der Waals surface area contributed by atoms with Crippen molar-refractivity contribution in [2.75, 3.05) is 5.32 Å².